The van der Waals surface area contributed by atoms with Crippen LogP contribution >= 0.6 is 0 Å². The van der Waals surface area contributed by atoms with E-state index in [1.54, 1.807) is 39.0 Å². The fourth-order valence-corrected chi connectivity index (χ4v) is 4.86. The highest BCUT2D eigenvalue weighted by molar-refractivity contribution is 7.89. The summed E-state index contributed by atoms with van der Waals surface area (Å²) in [7, 11) is -1.87. The number of carbonyl (C=O) groups is 1. The van der Waals surface area contributed by atoms with Gasteiger partial charge in [0, 0.05) is 12.7 Å². The summed E-state index contributed by atoms with van der Waals surface area (Å²) in [6, 6.07) is 6.72. The molecule has 1 N–H and O–H groups in total. The zero-order valence-electron chi connectivity index (χ0n) is 17.0. The summed E-state index contributed by atoms with van der Waals surface area (Å²) >= 11 is 0. The first-order valence-corrected chi connectivity index (χ1v) is 11.0. The number of hydrogen-bond donors (Lipinski definition) is 1. The van der Waals surface area contributed by atoms with Crippen molar-refractivity contribution in [2.24, 2.45) is 0 Å². The molecule has 3 rings (SSSR count). The quantitative estimate of drug-likeness (QED) is 0.774. The summed E-state index contributed by atoms with van der Waals surface area (Å²) in [6.07, 6.45) is 2.88. The molecule has 0 saturated carbocycles. The molecule has 1 aromatic carbocycles. The fourth-order valence-electron chi connectivity index (χ4n) is 3.38. The smallest absolute Gasteiger partial charge is 0.259 e. The van der Waals surface area contributed by atoms with Crippen LogP contribution in [0.5, 0.6) is 5.75 Å². The Labute approximate surface area is 171 Å². The molecule has 1 aliphatic heterocycles. The lowest BCUT2D eigenvalue weighted by atomic mass is 10.1. The first-order valence-electron chi connectivity index (χ1n) is 9.54. The number of anilines is 1. The molecule has 0 aliphatic carbocycles. The Hall–Kier alpha value is -2.52. The topological polar surface area (TPSA) is 101 Å². The highest BCUT2D eigenvalue weighted by Crippen LogP contribution is 2.34. The van der Waals surface area contributed by atoms with Gasteiger partial charge in [0.2, 0.25) is 10.0 Å². The molecule has 1 fully saturated rings. The van der Waals surface area contributed by atoms with Crippen molar-refractivity contribution in [2.75, 3.05) is 19.0 Å². The van der Waals surface area contributed by atoms with Gasteiger partial charge in [-0.05, 0) is 45.7 Å². The average Bonchev–Trinajstić information content (AvgIpc) is 3.18. The number of sulfonamides is 1. The second kappa shape index (κ2) is 8.46. The van der Waals surface area contributed by atoms with E-state index in [4.69, 9.17) is 4.74 Å². The minimum Gasteiger partial charge on any atom is -0.495 e. The maximum absolute atomic E-state index is 12.7. The number of hydrogen-bond acceptors (Lipinski definition) is 6. The van der Waals surface area contributed by atoms with Crippen molar-refractivity contribution >= 4 is 21.6 Å². The van der Waals surface area contributed by atoms with E-state index >= 15 is 0 Å². The number of nitrogens with one attached hydrogen (secondary N) is 1. The largest absolute Gasteiger partial charge is 0.495 e. The van der Waals surface area contributed by atoms with Crippen LogP contribution in [0.25, 0.3) is 0 Å². The second-order valence-corrected chi connectivity index (χ2v) is 9.69. The molecular formula is C20H26N4O4S. The number of aryl methyl sites for hydroxylation is 1. The number of rotatable bonds is 6. The molecule has 0 spiro atoms. The predicted octanol–water partition coefficient (Wildman–Crippen LogP) is 2.92. The number of nitrogens with zero attached hydrogens (tertiary/aromatic N) is 3. The lowest BCUT2D eigenvalue weighted by Crippen LogP contribution is -2.36. The van der Waals surface area contributed by atoms with Gasteiger partial charge in [0.1, 0.15) is 11.6 Å². The number of benzene rings is 1. The summed E-state index contributed by atoms with van der Waals surface area (Å²) in [6.45, 7) is 5.52. The molecule has 9 heteroatoms. The van der Waals surface area contributed by atoms with Crippen molar-refractivity contribution in [3.05, 3.63) is 47.5 Å². The minimum absolute atomic E-state index is 0.330. The third kappa shape index (κ3) is 4.25. The Bertz CT molecular complexity index is 1010. The van der Waals surface area contributed by atoms with Crippen LogP contribution in [0.2, 0.25) is 0 Å². The zero-order chi connectivity index (χ0) is 21.2. The molecule has 1 unspecified atom stereocenters. The third-order valence-corrected chi connectivity index (χ3v) is 7.30. The van der Waals surface area contributed by atoms with Gasteiger partial charge in [-0.15, -0.1) is 0 Å². The number of aromatic nitrogens is 2. The summed E-state index contributed by atoms with van der Waals surface area (Å²) in [4.78, 5) is 21.5. The van der Waals surface area contributed by atoms with Crippen LogP contribution in [0.4, 0.5) is 5.69 Å². The number of carbonyl (C=O) groups excluding carboxylic acids is 1. The number of amides is 1. The molecule has 29 heavy (non-hydrogen) atoms. The molecule has 1 aromatic heterocycles. The molecule has 8 nitrogen and oxygen atoms in total. The van der Waals surface area contributed by atoms with Gasteiger partial charge in [-0.25, -0.2) is 18.4 Å². The highest BCUT2D eigenvalue weighted by Gasteiger charge is 2.38. The van der Waals surface area contributed by atoms with Gasteiger partial charge in [-0.2, -0.15) is 4.31 Å². The number of para-hydroxylation sites is 2. The van der Waals surface area contributed by atoms with Gasteiger partial charge in [-0.3, -0.25) is 4.79 Å². The van der Waals surface area contributed by atoms with Crippen molar-refractivity contribution < 1.29 is 17.9 Å². The van der Waals surface area contributed by atoms with Crippen LogP contribution in [0, 0.1) is 6.92 Å². The predicted molar refractivity (Wildman–Crippen MR) is 110 cm³/mol. The van der Waals surface area contributed by atoms with Gasteiger partial charge in [0.25, 0.3) is 5.91 Å². The van der Waals surface area contributed by atoms with Gasteiger partial charge >= 0.3 is 0 Å². The summed E-state index contributed by atoms with van der Waals surface area (Å²) < 4.78 is 32.0. The maximum Gasteiger partial charge on any atom is 0.259 e. The molecule has 0 radical (unpaired) electrons. The van der Waals surface area contributed by atoms with Gasteiger partial charge in [0.05, 0.1) is 35.3 Å². The summed E-state index contributed by atoms with van der Waals surface area (Å²) in [5.74, 6) is 0.631. The van der Waals surface area contributed by atoms with Crippen molar-refractivity contribution in [3.63, 3.8) is 0 Å². The van der Waals surface area contributed by atoms with E-state index in [9.17, 15) is 13.2 Å². The molecule has 156 valence electrons. The molecule has 2 aromatic rings. The van der Waals surface area contributed by atoms with Crippen LogP contribution in [0.15, 0.2) is 30.5 Å². The molecule has 1 aliphatic rings. The molecule has 2 heterocycles. The third-order valence-electron chi connectivity index (χ3n) is 5.02. The summed E-state index contributed by atoms with van der Waals surface area (Å²) in [5, 5.41) is 2.30. The monoisotopic (exact) mass is 418 g/mol. The molecule has 0 bridgehead atoms. The molecule has 1 amide bonds. The van der Waals surface area contributed by atoms with Gasteiger partial charge in [0.15, 0.2) is 0 Å². The van der Waals surface area contributed by atoms with Gasteiger partial charge in [-0.1, -0.05) is 12.1 Å². The molecule has 1 saturated heterocycles. The first kappa shape index (κ1) is 21.2. The van der Waals surface area contributed by atoms with Crippen molar-refractivity contribution in [1.82, 2.24) is 14.3 Å². The van der Waals surface area contributed by atoms with Crippen LogP contribution < -0.4 is 10.1 Å². The van der Waals surface area contributed by atoms with E-state index in [-0.39, 0.29) is 5.91 Å². The Morgan fingerprint density at radius 2 is 2.03 bits per heavy atom. The van der Waals surface area contributed by atoms with Crippen LogP contribution in [-0.4, -0.2) is 47.5 Å². The SMILES string of the molecule is COc1ccccc1NC(=O)c1cnc(C2CCCN2S(=O)(=O)C(C)C)nc1C. The molecular weight excluding hydrogens is 392 g/mol. The lowest BCUT2D eigenvalue weighted by Gasteiger charge is -2.25. The Morgan fingerprint density at radius 1 is 1.31 bits per heavy atom. The Kier molecular flexibility index (Phi) is 6.18. The van der Waals surface area contributed by atoms with E-state index in [2.05, 4.69) is 15.3 Å². The Morgan fingerprint density at radius 3 is 2.69 bits per heavy atom. The summed E-state index contributed by atoms with van der Waals surface area (Å²) in [5.41, 5.74) is 1.38. The number of methoxy groups -OCH3 is 1. The van der Waals surface area contributed by atoms with E-state index in [1.165, 1.54) is 17.6 Å². The maximum atomic E-state index is 12.7. The van der Waals surface area contributed by atoms with Crippen molar-refractivity contribution in [2.45, 2.75) is 44.9 Å². The van der Waals surface area contributed by atoms with E-state index in [0.29, 0.717) is 41.5 Å². The zero-order valence-corrected chi connectivity index (χ0v) is 17.9. The van der Waals surface area contributed by atoms with E-state index in [0.717, 1.165) is 6.42 Å². The standard InChI is InChI=1S/C20H26N4O4S/c1-13(2)29(26,27)24-11-7-9-17(24)19-21-12-15(14(3)22-19)20(25)23-16-8-5-6-10-18(16)28-4/h5-6,8,10,12-13,17H,7,9,11H2,1-4H3,(H,23,25). The van der Waals surface area contributed by atoms with E-state index in [1.807, 2.05) is 6.07 Å². The Balaban J connectivity index is 1.84. The fraction of sp³-hybridized carbons (Fsp3) is 0.450. The highest BCUT2D eigenvalue weighted by atomic mass is 32.2. The van der Waals surface area contributed by atoms with Gasteiger partial charge < -0.3 is 10.1 Å². The first-order chi connectivity index (χ1) is 13.8. The average molecular weight is 419 g/mol. The second-order valence-electron chi connectivity index (χ2n) is 7.24. The van der Waals surface area contributed by atoms with Crippen molar-refractivity contribution in [1.29, 1.82) is 0 Å². The normalized spacial score (nSPS) is 17.5. The van der Waals surface area contributed by atoms with Crippen molar-refractivity contribution in [3.8, 4) is 5.75 Å². The van der Waals surface area contributed by atoms with Crippen LogP contribution in [0.3, 0.4) is 0 Å². The minimum atomic E-state index is -3.40. The lowest BCUT2D eigenvalue weighted by molar-refractivity contribution is 0.102. The number of ether oxygens (including phenoxy) is 1. The van der Waals surface area contributed by atoms with Crippen LogP contribution in [0.1, 0.15) is 54.6 Å². The van der Waals surface area contributed by atoms with Crippen LogP contribution in [-0.2, 0) is 10.0 Å². The molecule has 1 atom stereocenters. The van der Waals surface area contributed by atoms with E-state index < -0.39 is 21.3 Å².